The monoisotopic (exact) mass is 334 g/mol. The molecule has 1 heterocycles. The van der Waals surface area contributed by atoms with Gasteiger partial charge in [0.05, 0.1) is 12.3 Å². The smallest absolute Gasteiger partial charge is 0.350 e. The molecule has 23 heavy (non-hydrogen) atoms. The number of ether oxygens (including phenoxy) is 2. The van der Waals surface area contributed by atoms with Crippen LogP contribution in [0.3, 0.4) is 0 Å². The number of aryl methyl sites for hydroxylation is 1. The average molecular weight is 334 g/mol. The number of benzene rings is 1. The van der Waals surface area contributed by atoms with Gasteiger partial charge in [-0.05, 0) is 38.1 Å². The van der Waals surface area contributed by atoms with Crippen molar-refractivity contribution in [3.8, 4) is 5.75 Å². The SMILES string of the molecule is CCOC(=O)c1sc(COc2ccc(NC(C)=O)cc2)nc1C. The van der Waals surface area contributed by atoms with Crippen molar-refractivity contribution in [2.45, 2.75) is 27.4 Å². The first-order chi connectivity index (χ1) is 11.0. The van der Waals surface area contributed by atoms with Gasteiger partial charge in [0, 0.05) is 12.6 Å². The predicted octanol–water partition coefficient (Wildman–Crippen LogP) is 3.17. The largest absolute Gasteiger partial charge is 0.486 e. The van der Waals surface area contributed by atoms with Gasteiger partial charge in [0.1, 0.15) is 22.2 Å². The van der Waals surface area contributed by atoms with Crippen molar-refractivity contribution in [1.82, 2.24) is 4.98 Å². The number of esters is 1. The first-order valence-corrected chi connectivity index (χ1v) is 7.95. The van der Waals surface area contributed by atoms with Crippen LogP contribution in [-0.4, -0.2) is 23.5 Å². The second-order valence-electron chi connectivity index (χ2n) is 4.74. The van der Waals surface area contributed by atoms with Gasteiger partial charge >= 0.3 is 5.97 Å². The lowest BCUT2D eigenvalue weighted by Gasteiger charge is -2.06. The highest BCUT2D eigenvalue weighted by Gasteiger charge is 2.16. The molecule has 2 aromatic rings. The minimum absolute atomic E-state index is 0.122. The molecule has 0 radical (unpaired) electrons. The van der Waals surface area contributed by atoms with E-state index in [0.29, 0.717) is 33.6 Å². The van der Waals surface area contributed by atoms with Crippen LogP contribution >= 0.6 is 11.3 Å². The molecule has 1 N–H and O–H groups in total. The number of hydrogen-bond donors (Lipinski definition) is 1. The molecule has 0 saturated heterocycles. The highest BCUT2D eigenvalue weighted by molar-refractivity contribution is 7.13. The van der Waals surface area contributed by atoms with E-state index in [0.717, 1.165) is 0 Å². The molecule has 0 spiro atoms. The number of hydrogen-bond acceptors (Lipinski definition) is 6. The molecule has 122 valence electrons. The van der Waals surface area contributed by atoms with Crippen molar-refractivity contribution in [1.29, 1.82) is 0 Å². The van der Waals surface area contributed by atoms with Crippen molar-refractivity contribution >= 4 is 28.9 Å². The van der Waals surface area contributed by atoms with E-state index in [-0.39, 0.29) is 18.5 Å². The Balaban J connectivity index is 1.97. The van der Waals surface area contributed by atoms with Crippen LogP contribution in [0.25, 0.3) is 0 Å². The molecule has 0 fully saturated rings. The minimum atomic E-state index is -0.353. The molecule has 1 amide bonds. The van der Waals surface area contributed by atoms with Crippen molar-refractivity contribution in [3.05, 3.63) is 39.8 Å². The molecule has 0 aliphatic carbocycles. The highest BCUT2D eigenvalue weighted by atomic mass is 32.1. The third kappa shape index (κ3) is 4.79. The molecule has 0 aliphatic rings. The van der Waals surface area contributed by atoms with Gasteiger partial charge in [-0.1, -0.05) is 0 Å². The minimum Gasteiger partial charge on any atom is -0.486 e. The van der Waals surface area contributed by atoms with E-state index in [9.17, 15) is 9.59 Å². The van der Waals surface area contributed by atoms with Crippen molar-refractivity contribution in [2.75, 3.05) is 11.9 Å². The number of rotatable bonds is 6. The number of amides is 1. The second-order valence-corrected chi connectivity index (χ2v) is 5.82. The molecule has 2 rings (SSSR count). The van der Waals surface area contributed by atoms with Gasteiger partial charge in [-0.25, -0.2) is 9.78 Å². The van der Waals surface area contributed by atoms with Gasteiger partial charge in [-0.3, -0.25) is 4.79 Å². The molecule has 0 aliphatic heterocycles. The molecule has 7 heteroatoms. The van der Waals surface area contributed by atoms with Crippen molar-refractivity contribution in [3.63, 3.8) is 0 Å². The lowest BCUT2D eigenvalue weighted by molar-refractivity contribution is -0.114. The molecule has 0 unspecified atom stereocenters. The summed E-state index contributed by atoms with van der Waals surface area (Å²) in [5.74, 6) is 0.182. The zero-order valence-electron chi connectivity index (χ0n) is 13.2. The van der Waals surface area contributed by atoms with Gasteiger partial charge in [0.2, 0.25) is 5.91 Å². The summed E-state index contributed by atoms with van der Waals surface area (Å²) in [7, 11) is 0. The Bertz CT molecular complexity index is 695. The molecule has 6 nitrogen and oxygen atoms in total. The number of aromatic nitrogens is 1. The Hall–Kier alpha value is -2.41. The van der Waals surface area contributed by atoms with Gasteiger partial charge in [-0.2, -0.15) is 0 Å². The van der Waals surface area contributed by atoms with Crippen LogP contribution in [0.1, 0.15) is 34.2 Å². The maximum atomic E-state index is 11.8. The van der Waals surface area contributed by atoms with Crippen LogP contribution in [0, 0.1) is 6.92 Å². The molecule has 1 aromatic heterocycles. The summed E-state index contributed by atoms with van der Waals surface area (Å²) in [6.45, 7) is 5.60. The Kier molecular flexibility index (Phi) is 5.70. The van der Waals surface area contributed by atoms with E-state index >= 15 is 0 Å². The summed E-state index contributed by atoms with van der Waals surface area (Å²) in [4.78, 5) is 27.5. The summed E-state index contributed by atoms with van der Waals surface area (Å²) in [6.07, 6.45) is 0. The zero-order valence-corrected chi connectivity index (χ0v) is 14.0. The highest BCUT2D eigenvalue weighted by Crippen LogP contribution is 2.22. The molecule has 1 aromatic carbocycles. The summed E-state index contributed by atoms with van der Waals surface area (Å²) in [5.41, 5.74) is 1.35. The van der Waals surface area contributed by atoms with Gasteiger partial charge in [0.15, 0.2) is 0 Å². The first kappa shape index (κ1) is 17.0. The molecule has 0 atom stereocenters. The van der Waals surface area contributed by atoms with Crippen LogP contribution < -0.4 is 10.1 Å². The molecular formula is C16H18N2O4S. The number of nitrogens with one attached hydrogen (secondary N) is 1. The van der Waals surface area contributed by atoms with E-state index in [1.807, 2.05) is 0 Å². The molecule has 0 saturated carbocycles. The van der Waals surface area contributed by atoms with Gasteiger partial charge < -0.3 is 14.8 Å². The zero-order chi connectivity index (χ0) is 16.8. The van der Waals surface area contributed by atoms with Crippen LogP contribution in [0.2, 0.25) is 0 Å². The summed E-state index contributed by atoms with van der Waals surface area (Å²) >= 11 is 1.27. The van der Waals surface area contributed by atoms with Crippen molar-refractivity contribution in [2.24, 2.45) is 0 Å². The average Bonchev–Trinajstić information content (AvgIpc) is 2.87. The van der Waals surface area contributed by atoms with E-state index < -0.39 is 0 Å². The molecular weight excluding hydrogens is 316 g/mol. The Labute approximate surface area is 138 Å². The van der Waals surface area contributed by atoms with Crippen LogP contribution in [0.15, 0.2) is 24.3 Å². The third-order valence-corrected chi connectivity index (χ3v) is 3.95. The number of nitrogens with zero attached hydrogens (tertiary/aromatic N) is 1. The standard InChI is InChI=1S/C16H18N2O4S/c1-4-21-16(20)15-10(2)17-14(23-15)9-22-13-7-5-12(6-8-13)18-11(3)19/h5-8H,4,9H2,1-3H3,(H,18,19). The lowest BCUT2D eigenvalue weighted by atomic mass is 10.3. The second kappa shape index (κ2) is 7.73. The Morgan fingerprint density at radius 1 is 1.26 bits per heavy atom. The maximum Gasteiger partial charge on any atom is 0.350 e. The quantitative estimate of drug-likeness (QED) is 0.821. The Morgan fingerprint density at radius 2 is 1.96 bits per heavy atom. The summed E-state index contributed by atoms with van der Waals surface area (Å²) < 4.78 is 10.6. The normalized spacial score (nSPS) is 10.2. The van der Waals surface area contributed by atoms with Gasteiger partial charge in [0.25, 0.3) is 0 Å². The van der Waals surface area contributed by atoms with Crippen molar-refractivity contribution < 1.29 is 19.1 Å². The number of anilines is 1. The van der Waals surface area contributed by atoms with Gasteiger partial charge in [-0.15, -0.1) is 11.3 Å². The summed E-state index contributed by atoms with van der Waals surface area (Å²) in [6, 6.07) is 7.04. The van der Waals surface area contributed by atoms with Crippen LogP contribution in [-0.2, 0) is 16.1 Å². The van der Waals surface area contributed by atoms with Crippen LogP contribution in [0.4, 0.5) is 5.69 Å². The van der Waals surface area contributed by atoms with Crippen LogP contribution in [0.5, 0.6) is 5.75 Å². The number of carbonyl (C=O) groups excluding carboxylic acids is 2. The van der Waals surface area contributed by atoms with E-state index in [4.69, 9.17) is 9.47 Å². The predicted molar refractivity (Wildman–Crippen MR) is 87.9 cm³/mol. The van der Waals surface area contributed by atoms with E-state index in [2.05, 4.69) is 10.3 Å². The number of carbonyl (C=O) groups is 2. The molecule has 0 bridgehead atoms. The third-order valence-electron chi connectivity index (χ3n) is 2.84. The Morgan fingerprint density at radius 3 is 2.57 bits per heavy atom. The fourth-order valence-corrected chi connectivity index (χ4v) is 2.75. The van der Waals surface area contributed by atoms with E-state index in [1.165, 1.54) is 18.3 Å². The fourth-order valence-electron chi connectivity index (χ4n) is 1.88. The number of thiazole rings is 1. The summed E-state index contributed by atoms with van der Waals surface area (Å²) in [5, 5.41) is 3.39. The maximum absolute atomic E-state index is 11.8. The van der Waals surface area contributed by atoms with E-state index in [1.54, 1.807) is 38.1 Å². The first-order valence-electron chi connectivity index (χ1n) is 7.13. The lowest BCUT2D eigenvalue weighted by Crippen LogP contribution is -2.05. The fraction of sp³-hybridized carbons (Fsp3) is 0.312. The topological polar surface area (TPSA) is 77.5 Å².